The Morgan fingerprint density at radius 3 is 2.84 bits per heavy atom. The van der Waals surface area contributed by atoms with E-state index in [0.29, 0.717) is 12.6 Å². The topological polar surface area (TPSA) is 53.8 Å². The number of halogens is 2. The molecule has 3 heterocycles. The fraction of sp³-hybridized carbons (Fsp3) is 0.750. The van der Waals surface area contributed by atoms with Crippen LogP contribution in [-0.4, -0.2) is 89.4 Å². The number of aryl methyl sites for hydroxylation is 1. The lowest BCUT2D eigenvalue weighted by atomic mass is 10.2. The van der Waals surface area contributed by atoms with Crippen molar-refractivity contribution in [1.29, 1.82) is 0 Å². The summed E-state index contributed by atoms with van der Waals surface area (Å²) in [5, 5.41) is 4.23. The standard InChI is InChI=1S/C16H25F2N5O2/c1-20(2)13-4-5-22(10-13)9-12-8-21(3)19-14(12)15(24)23-6-7-25-16(17,18)11-23/h8,13H,4-7,9-11H2,1-3H3. The van der Waals surface area contributed by atoms with Gasteiger partial charge in [-0.25, -0.2) is 0 Å². The second-order valence-electron chi connectivity index (χ2n) is 7.03. The summed E-state index contributed by atoms with van der Waals surface area (Å²) in [6.07, 6.45) is -0.419. The molecule has 7 nitrogen and oxygen atoms in total. The van der Waals surface area contributed by atoms with Crippen LogP contribution in [0.4, 0.5) is 8.78 Å². The van der Waals surface area contributed by atoms with Gasteiger partial charge in [0, 0.05) is 51.0 Å². The summed E-state index contributed by atoms with van der Waals surface area (Å²) in [6, 6.07) is 0.494. The van der Waals surface area contributed by atoms with Crippen LogP contribution in [0.1, 0.15) is 22.5 Å². The molecule has 1 amide bonds. The third-order valence-corrected chi connectivity index (χ3v) is 4.82. The second kappa shape index (κ2) is 6.97. The predicted octanol–water partition coefficient (Wildman–Crippen LogP) is 0.621. The largest absolute Gasteiger partial charge is 0.373 e. The van der Waals surface area contributed by atoms with Crippen LogP contribution in [0.5, 0.6) is 0 Å². The summed E-state index contributed by atoms with van der Waals surface area (Å²) in [5.74, 6) is -0.457. The maximum Gasteiger partial charge on any atom is 0.373 e. The van der Waals surface area contributed by atoms with Crippen molar-refractivity contribution in [3.05, 3.63) is 17.5 Å². The molecule has 0 N–H and O–H groups in total. The van der Waals surface area contributed by atoms with Gasteiger partial charge in [-0.2, -0.15) is 13.9 Å². The summed E-state index contributed by atoms with van der Waals surface area (Å²) in [5.41, 5.74) is 1.04. The zero-order valence-electron chi connectivity index (χ0n) is 14.9. The normalized spacial score (nSPS) is 24.2. The average Bonchev–Trinajstić information content (AvgIpc) is 3.13. The Labute approximate surface area is 146 Å². The van der Waals surface area contributed by atoms with Crippen molar-refractivity contribution >= 4 is 5.91 Å². The van der Waals surface area contributed by atoms with Gasteiger partial charge >= 0.3 is 6.11 Å². The summed E-state index contributed by atoms with van der Waals surface area (Å²) < 4.78 is 32.8. The quantitative estimate of drug-likeness (QED) is 0.791. The maximum absolute atomic E-state index is 13.4. The van der Waals surface area contributed by atoms with Crippen LogP contribution in [0.25, 0.3) is 0 Å². The summed E-state index contributed by atoms with van der Waals surface area (Å²) in [7, 11) is 5.86. The molecular formula is C16H25F2N5O2. The van der Waals surface area contributed by atoms with Crippen LogP contribution in [0.15, 0.2) is 6.20 Å². The number of nitrogens with zero attached hydrogens (tertiary/aromatic N) is 5. The highest BCUT2D eigenvalue weighted by Crippen LogP contribution is 2.24. The first kappa shape index (κ1) is 18.2. The number of hydrogen-bond donors (Lipinski definition) is 0. The Balaban J connectivity index is 1.71. The molecule has 2 fully saturated rings. The minimum Gasteiger partial charge on any atom is -0.326 e. The minimum atomic E-state index is -3.29. The number of rotatable bonds is 4. The maximum atomic E-state index is 13.4. The van der Waals surface area contributed by atoms with Gasteiger partial charge in [0.05, 0.1) is 6.61 Å². The molecule has 0 bridgehead atoms. The van der Waals surface area contributed by atoms with Gasteiger partial charge in [-0.05, 0) is 20.5 Å². The van der Waals surface area contributed by atoms with E-state index in [1.165, 1.54) is 0 Å². The molecule has 1 aromatic heterocycles. The van der Waals surface area contributed by atoms with E-state index < -0.39 is 18.6 Å². The zero-order valence-corrected chi connectivity index (χ0v) is 14.9. The highest BCUT2D eigenvalue weighted by atomic mass is 19.3. The molecule has 2 aliphatic rings. The molecule has 25 heavy (non-hydrogen) atoms. The lowest BCUT2D eigenvalue weighted by molar-refractivity contribution is -0.263. The lowest BCUT2D eigenvalue weighted by Gasteiger charge is -2.32. The number of ether oxygens (including phenoxy) is 1. The Kier molecular flexibility index (Phi) is 5.08. The Morgan fingerprint density at radius 1 is 1.44 bits per heavy atom. The average molecular weight is 357 g/mol. The van der Waals surface area contributed by atoms with Crippen LogP contribution >= 0.6 is 0 Å². The van der Waals surface area contributed by atoms with Crippen molar-refractivity contribution in [2.24, 2.45) is 7.05 Å². The molecule has 1 aromatic rings. The first-order chi connectivity index (χ1) is 11.7. The van der Waals surface area contributed by atoms with E-state index in [9.17, 15) is 13.6 Å². The van der Waals surface area contributed by atoms with Gasteiger partial charge in [0.15, 0.2) is 5.69 Å². The first-order valence-electron chi connectivity index (χ1n) is 8.47. The van der Waals surface area contributed by atoms with E-state index >= 15 is 0 Å². The molecule has 9 heteroatoms. The second-order valence-corrected chi connectivity index (χ2v) is 7.03. The van der Waals surface area contributed by atoms with E-state index in [-0.39, 0.29) is 18.8 Å². The van der Waals surface area contributed by atoms with Gasteiger partial charge in [0.1, 0.15) is 6.54 Å². The molecule has 0 spiro atoms. The van der Waals surface area contributed by atoms with Crippen molar-refractivity contribution in [3.8, 4) is 0 Å². The summed E-state index contributed by atoms with van der Waals surface area (Å²) >= 11 is 0. The first-order valence-corrected chi connectivity index (χ1v) is 8.47. The third-order valence-electron chi connectivity index (χ3n) is 4.82. The highest BCUT2D eigenvalue weighted by Gasteiger charge is 2.40. The molecule has 3 rings (SSSR count). The van der Waals surface area contributed by atoms with Crippen LogP contribution < -0.4 is 0 Å². The van der Waals surface area contributed by atoms with E-state index in [1.807, 2.05) is 0 Å². The molecule has 0 saturated carbocycles. The monoisotopic (exact) mass is 357 g/mol. The number of hydrogen-bond acceptors (Lipinski definition) is 5. The number of aromatic nitrogens is 2. The number of morpholine rings is 1. The number of likely N-dealkylation sites (N-methyl/N-ethyl adjacent to an activating group) is 1. The fourth-order valence-corrected chi connectivity index (χ4v) is 3.43. The van der Waals surface area contributed by atoms with E-state index in [4.69, 9.17) is 0 Å². The summed E-state index contributed by atoms with van der Waals surface area (Å²) in [6.45, 7) is 1.72. The van der Waals surface area contributed by atoms with Crippen molar-refractivity contribution < 1.29 is 18.3 Å². The van der Waals surface area contributed by atoms with Crippen molar-refractivity contribution in [3.63, 3.8) is 0 Å². The van der Waals surface area contributed by atoms with Crippen LogP contribution in [0.2, 0.25) is 0 Å². The fourth-order valence-electron chi connectivity index (χ4n) is 3.43. The van der Waals surface area contributed by atoms with Crippen LogP contribution in [0.3, 0.4) is 0 Å². The van der Waals surface area contributed by atoms with Crippen molar-refractivity contribution in [2.45, 2.75) is 25.1 Å². The van der Waals surface area contributed by atoms with E-state index in [1.54, 1.807) is 17.9 Å². The van der Waals surface area contributed by atoms with Gasteiger partial charge in [0.25, 0.3) is 5.91 Å². The zero-order chi connectivity index (χ0) is 18.2. The van der Waals surface area contributed by atoms with Gasteiger partial charge in [-0.1, -0.05) is 0 Å². The van der Waals surface area contributed by atoms with Crippen molar-refractivity contribution in [1.82, 2.24) is 24.5 Å². The molecule has 2 saturated heterocycles. The number of carbonyl (C=O) groups is 1. The van der Waals surface area contributed by atoms with Gasteiger partial charge < -0.3 is 14.5 Å². The van der Waals surface area contributed by atoms with Crippen LogP contribution in [0, 0.1) is 0 Å². The van der Waals surface area contributed by atoms with E-state index in [0.717, 1.165) is 30.0 Å². The molecule has 2 aliphatic heterocycles. The highest BCUT2D eigenvalue weighted by molar-refractivity contribution is 5.93. The molecular weight excluding hydrogens is 332 g/mol. The molecule has 0 aromatic carbocycles. The Bertz CT molecular complexity index is 634. The lowest BCUT2D eigenvalue weighted by Crippen LogP contribution is -2.49. The van der Waals surface area contributed by atoms with E-state index in [2.05, 4.69) is 33.7 Å². The smallest absolute Gasteiger partial charge is 0.326 e. The molecule has 0 radical (unpaired) electrons. The number of amides is 1. The van der Waals surface area contributed by atoms with Gasteiger partial charge in [0.2, 0.25) is 0 Å². The van der Waals surface area contributed by atoms with Crippen LogP contribution in [-0.2, 0) is 18.3 Å². The van der Waals surface area contributed by atoms with Gasteiger partial charge in [-0.3, -0.25) is 14.4 Å². The summed E-state index contributed by atoms with van der Waals surface area (Å²) in [4.78, 5) is 18.3. The number of likely N-dealkylation sites (tertiary alicyclic amines) is 1. The predicted molar refractivity (Wildman–Crippen MR) is 87.4 cm³/mol. The third kappa shape index (κ3) is 4.16. The molecule has 1 atom stereocenters. The molecule has 1 unspecified atom stereocenters. The molecule has 140 valence electrons. The number of alkyl halides is 2. The number of carbonyl (C=O) groups excluding carboxylic acids is 1. The van der Waals surface area contributed by atoms with Crippen molar-refractivity contribution in [2.75, 3.05) is 46.9 Å². The minimum absolute atomic E-state index is 0.150. The Morgan fingerprint density at radius 2 is 2.20 bits per heavy atom. The van der Waals surface area contributed by atoms with Gasteiger partial charge in [-0.15, -0.1) is 0 Å². The Hall–Kier alpha value is -1.58. The SMILES string of the molecule is CN(C)C1CCN(Cc2cn(C)nc2C(=O)N2CCOC(F)(F)C2)C1. The molecule has 0 aliphatic carbocycles.